The first-order chi connectivity index (χ1) is 4.27. The maximum absolute atomic E-state index is 8.62. The Morgan fingerprint density at radius 3 is 2.78 bits per heavy atom. The maximum atomic E-state index is 8.62. The second kappa shape index (κ2) is 6.35. The van der Waals surface area contributed by atoms with Crippen LogP contribution in [0.15, 0.2) is 0 Å². The topological polar surface area (TPSA) is 58.3 Å². The minimum atomic E-state index is -0.553. The quantitative estimate of drug-likeness (QED) is 0.235. The maximum Gasteiger partial charge on any atom is 0.109 e. The second-order valence-electron chi connectivity index (χ2n) is 1.83. The van der Waals surface area contributed by atoms with Crippen molar-refractivity contribution in [2.24, 2.45) is 5.73 Å². The van der Waals surface area contributed by atoms with Gasteiger partial charge in [-0.2, -0.15) is 0 Å². The number of nitrogens with two attached hydrogens (primary N) is 1. The van der Waals surface area contributed by atoms with Crippen molar-refractivity contribution in [2.75, 3.05) is 19.6 Å². The Bertz CT molecular complexity index is 60.9. The van der Waals surface area contributed by atoms with E-state index in [1.54, 1.807) is 0 Å². The molecule has 0 aromatic carbocycles. The van der Waals surface area contributed by atoms with E-state index >= 15 is 0 Å². The lowest BCUT2D eigenvalue weighted by molar-refractivity contribution is 0.260. The number of aliphatic hydroxyl groups excluding tert-OH is 1. The largest absolute Gasteiger partial charge is 0.381 e. The van der Waals surface area contributed by atoms with Crippen LogP contribution in [-0.4, -0.2) is 30.2 Å². The van der Waals surface area contributed by atoms with Gasteiger partial charge in [0.1, 0.15) is 5.44 Å². The summed E-state index contributed by atoms with van der Waals surface area (Å²) in [6, 6.07) is 0. The zero-order valence-corrected chi connectivity index (χ0v) is 6.27. The molecule has 1 atom stereocenters. The van der Waals surface area contributed by atoms with Crippen molar-refractivity contribution in [3.05, 3.63) is 0 Å². The molecule has 0 saturated heterocycles. The summed E-state index contributed by atoms with van der Waals surface area (Å²) in [5.74, 6) is 0. The zero-order valence-electron chi connectivity index (χ0n) is 5.38. The summed E-state index contributed by atoms with van der Waals surface area (Å²) in [5, 5.41) is 11.6. The molecule has 0 heterocycles. The van der Waals surface area contributed by atoms with Crippen LogP contribution in [0, 0.1) is 0 Å². The van der Waals surface area contributed by atoms with Crippen molar-refractivity contribution in [2.45, 2.75) is 11.9 Å². The minimum absolute atomic E-state index is 0.531. The fraction of sp³-hybridized carbons (Fsp3) is 1.00. The van der Waals surface area contributed by atoms with Gasteiger partial charge in [-0.05, 0) is 19.5 Å². The minimum Gasteiger partial charge on any atom is -0.381 e. The zero-order chi connectivity index (χ0) is 7.11. The van der Waals surface area contributed by atoms with Crippen molar-refractivity contribution in [1.82, 2.24) is 5.32 Å². The van der Waals surface area contributed by atoms with Gasteiger partial charge in [0.15, 0.2) is 0 Å². The van der Waals surface area contributed by atoms with Crippen molar-refractivity contribution >= 4 is 12.6 Å². The summed E-state index contributed by atoms with van der Waals surface area (Å²) in [4.78, 5) is 0. The average molecular weight is 150 g/mol. The van der Waals surface area contributed by atoms with Gasteiger partial charge in [-0.25, -0.2) is 0 Å². The molecule has 0 saturated carbocycles. The molecule has 0 radical (unpaired) electrons. The number of aliphatic hydroxyl groups is 1. The standard InChI is InChI=1S/C5H14N2OS/c6-2-1-3-7-4-5(8)9/h5,7-9H,1-4,6H2. The van der Waals surface area contributed by atoms with Gasteiger partial charge in [-0.1, -0.05) is 0 Å². The van der Waals surface area contributed by atoms with Crippen LogP contribution in [0.2, 0.25) is 0 Å². The molecule has 1 unspecified atom stereocenters. The molecule has 0 aromatic heterocycles. The Morgan fingerprint density at radius 1 is 1.67 bits per heavy atom. The molecule has 0 aromatic rings. The molecule has 0 aliphatic heterocycles. The smallest absolute Gasteiger partial charge is 0.109 e. The number of nitrogens with one attached hydrogen (secondary N) is 1. The summed E-state index contributed by atoms with van der Waals surface area (Å²) in [5.41, 5.74) is 4.67. The van der Waals surface area contributed by atoms with E-state index in [-0.39, 0.29) is 0 Å². The Hall–Kier alpha value is 0.230. The summed E-state index contributed by atoms with van der Waals surface area (Å²) in [6.07, 6.45) is 0.945. The fourth-order valence-electron chi connectivity index (χ4n) is 0.458. The SMILES string of the molecule is NCCCNCC(O)S. The average Bonchev–Trinajstić information content (AvgIpc) is 1.80. The molecule has 4 N–H and O–H groups in total. The Morgan fingerprint density at radius 2 is 2.33 bits per heavy atom. The van der Waals surface area contributed by atoms with Crippen LogP contribution in [0.3, 0.4) is 0 Å². The Balaban J connectivity index is 2.75. The van der Waals surface area contributed by atoms with Crippen LogP contribution < -0.4 is 11.1 Å². The highest BCUT2D eigenvalue weighted by molar-refractivity contribution is 7.80. The van der Waals surface area contributed by atoms with E-state index in [4.69, 9.17) is 10.8 Å². The van der Waals surface area contributed by atoms with Gasteiger partial charge >= 0.3 is 0 Å². The summed E-state index contributed by atoms with van der Waals surface area (Å²) < 4.78 is 0. The van der Waals surface area contributed by atoms with Gasteiger partial charge < -0.3 is 16.2 Å². The van der Waals surface area contributed by atoms with Crippen LogP contribution in [0.1, 0.15) is 6.42 Å². The summed E-state index contributed by atoms with van der Waals surface area (Å²) >= 11 is 3.76. The van der Waals surface area contributed by atoms with Crippen LogP contribution in [0.5, 0.6) is 0 Å². The summed E-state index contributed by atoms with van der Waals surface area (Å²) in [7, 11) is 0. The van der Waals surface area contributed by atoms with E-state index in [2.05, 4.69) is 17.9 Å². The monoisotopic (exact) mass is 150 g/mol. The summed E-state index contributed by atoms with van der Waals surface area (Å²) in [6.45, 7) is 2.08. The van der Waals surface area contributed by atoms with Crippen LogP contribution in [-0.2, 0) is 0 Å². The van der Waals surface area contributed by atoms with E-state index in [0.717, 1.165) is 13.0 Å². The molecule has 9 heavy (non-hydrogen) atoms. The van der Waals surface area contributed by atoms with Crippen molar-refractivity contribution in [3.8, 4) is 0 Å². The van der Waals surface area contributed by atoms with Crippen molar-refractivity contribution in [1.29, 1.82) is 0 Å². The Labute approximate surface area is 61.0 Å². The van der Waals surface area contributed by atoms with E-state index in [9.17, 15) is 0 Å². The molecular weight excluding hydrogens is 136 g/mol. The molecule has 0 fully saturated rings. The van der Waals surface area contributed by atoms with Crippen molar-refractivity contribution < 1.29 is 5.11 Å². The van der Waals surface area contributed by atoms with Gasteiger partial charge in [0, 0.05) is 6.54 Å². The highest BCUT2D eigenvalue weighted by Crippen LogP contribution is 1.83. The van der Waals surface area contributed by atoms with Crippen molar-refractivity contribution in [3.63, 3.8) is 0 Å². The second-order valence-corrected chi connectivity index (χ2v) is 2.42. The van der Waals surface area contributed by atoms with Gasteiger partial charge in [0.2, 0.25) is 0 Å². The van der Waals surface area contributed by atoms with E-state index in [1.807, 2.05) is 0 Å². The van der Waals surface area contributed by atoms with E-state index < -0.39 is 5.44 Å². The van der Waals surface area contributed by atoms with Crippen LogP contribution in [0.25, 0.3) is 0 Å². The third-order valence-corrected chi connectivity index (χ3v) is 1.07. The predicted molar refractivity (Wildman–Crippen MR) is 41.5 cm³/mol. The van der Waals surface area contributed by atoms with Crippen LogP contribution >= 0.6 is 12.6 Å². The molecule has 0 bridgehead atoms. The first-order valence-electron chi connectivity index (χ1n) is 3.04. The molecule has 56 valence electrons. The predicted octanol–water partition coefficient (Wildman–Crippen LogP) is -0.827. The molecular formula is C5H14N2OS. The van der Waals surface area contributed by atoms with E-state index in [0.29, 0.717) is 13.1 Å². The van der Waals surface area contributed by atoms with Gasteiger partial charge in [-0.3, -0.25) is 0 Å². The van der Waals surface area contributed by atoms with Gasteiger partial charge in [0.05, 0.1) is 0 Å². The molecule has 0 amide bonds. The number of hydrogen-bond acceptors (Lipinski definition) is 4. The normalized spacial score (nSPS) is 13.7. The molecule has 0 aliphatic rings. The molecule has 0 spiro atoms. The highest BCUT2D eigenvalue weighted by atomic mass is 32.1. The number of hydrogen-bond donors (Lipinski definition) is 4. The van der Waals surface area contributed by atoms with Gasteiger partial charge in [-0.15, -0.1) is 12.6 Å². The Kier molecular flexibility index (Phi) is 6.51. The van der Waals surface area contributed by atoms with Gasteiger partial charge in [0.25, 0.3) is 0 Å². The highest BCUT2D eigenvalue weighted by Gasteiger charge is 1.92. The van der Waals surface area contributed by atoms with E-state index in [1.165, 1.54) is 0 Å². The number of rotatable bonds is 5. The first kappa shape index (κ1) is 9.23. The number of thiol groups is 1. The fourth-order valence-corrected chi connectivity index (χ4v) is 0.587. The third kappa shape index (κ3) is 8.23. The molecule has 3 nitrogen and oxygen atoms in total. The molecule has 0 rings (SSSR count). The molecule has 4 heteroatoms. The lowest BCUT2D eigenvalue weighted by atomic mass is 10.4. The lowest BCUT2D eigenvalue weighted by Gasteiger charge is -2.03. The molecule has 0 aliphatic carbocycles. The van der Waals surface area contributed by atoms with Crippen LogP contribution in [0.4, 0.5) is 0 Å². The third-order valence-electron chi connectivity index (χ3n) is 0.885. The first-order valence-corrected chi connectivity index (χ1v) is 3.56. The lowest BCUT2D eigenvalue weighted by Crippen LogP contribution is -2.25.